The van der Waals surface area contributed by atoms with E-state index in [0.29, 0.717) is 44.4 Å². The zero-order chi connectivity index (χ0) is 14.0. The van der Waals surface area contributed by atoms with Crippen LogP contribution in [0.25, 0.3) is 0 Å². The van der Waals surface area contributed by atoms with Crippen LogP contribution in [-0.4, -0.2) is 33.7 Å². The largest absolute Gasteiger partial charge is 0.447 e. The first kappa shape index (κ1) is 14.1. The summed E-state index contributed by atoms with van der Waals surface area (Å²) < 4.78 is 37.7. The zero-order valence-electron chi connectivity index (χ0n) is 11.3. The molecule has 0 spiro atoms. The van der Waals surface area contributed by atoms with Gasteiger partial charge in [-0.15, -0.1) is 0 Å². The normalized spacial score (nSPS) is 21.2. The maximum absolute atomic E-state index is 12.2. The second-order valence-corrected chi connectivity index (χ2v) is 7.03. The van der Waals surface area contributed by atoms with Crippen molar-refractivity contribution < 1.29 is 17.6 Å². The van der Waals surface area contributed by atoms with Gasteiger partial charge in [0.15, 0.2) is 0 Å². The molecule has 1 aromatic heterocycles. The quantitative estimate of drug-likeness (QED) is 0.819. The van der Waals surface area contributed by atoms with Gasteiger partial charge >= 0.3 is 0 Å². The first-order valence-corrected chi connectivity index (χ1v) is 8.54. The molecule has 0 amide bonds. The highest BCUT2D eigenvalue weighted by molar-refractivity contribution is 7.89. The van der Waals surface area contributed by atoms with E-state index in [0.717, 1.165) is 0 Å². The number of ether oxygens (including phenoxy) is 1. The van der Waals surface area contributed by atoms with Crippen molar-refractivity contribution >= 4 is 10.0 Å². The fourth-order valence-corrected chi connectivity index (χ4v) is 3.48. The number of rotatable bonds is 6. The van der Waals surface area contributed by atoms with Crippen molar-refractivity contribution in [2.75, 3.05) is 13.2 Å². The molecular weight excluding hydrogens is 280 g/mol. The lowest BCUT2D eigenvalue weighted by atomic mass is 10.1. The Kier molecular flexibility index (Phi) is 4.11. The summed E-state index contributed by atoms with van der Waals surface area (Å²) >= 11 is 0. The Morgan fingerprint density at radius 2 is 1.85 bits per heavy atom. The summed E-state index contributed by atoms with van der Waals surface area (Å²) in [6, 6.07) is 3.74. The van der Waals surface area contributed by atoms with Crippen LogP contribution in [0.15, 0.2) is 21.6 Å². The van der Waals surface area contributed by atoms with Crippen LogP contribution in [0.2, 0.25) is 0 Å². The molecule has 1 saturated carbocycles. The van der Waals surface area contributed by atoms with E-state index in [1.807, 2.05) is 0 Å². The molecule has 20 heavy (non-hydrogen) atoms. The van der Waals surface area contributed by atoms with E-state index in [9.17, 15) is 8.42 Å². The molecular formula is C13H20N2O4S. The Morgan fingerprint density at radius 1 is 1.10 bits per heavy atom. The smallest absolute Gasteiger partial charge is 0.274 e. The number of hydrogen-bond donors (Lipinski definition) is 2. The van der Waals surface area contributed by atoms with Gasteiger partial charge in [-0.2, -0.15) is 0 Å². The van der Waals surface area contributed by atoms with E-state index >= 15 is 0 Å². The number of nitrogens with one attached hydrogen (secondary N) is 2. The first-order chi connectivity index (χ1) is 9.63. The summed E-state index contributed by atoms with van der Waals surface area (Å²) in [6.07, 6.45) is 3.79. The zero-order valence-corrected chi connectivity index (χ0v) is 12.1. The molecule has 2 fully saturated rings. The second kappa shape index (κ2) is 5.85. The average Bonchev–Trinajstić information content (AvgIpc) is 3.13. The number of hydrogen-bond acceptors (Lipinski definition) is 5. The van der Waals surface area contributed by atoms with Gasteiger partial charge in [0, 0.05) is 25.3 Å². The van der Waals surface area contributed by atoms with Gasteiger partial charge in [-0.3, -0.25) is 0 Å². The van der Waals surface area contributed by atoms with E-state index in [-0.39, 0.29) is 11.1 Å². The molecule has 2 N–H and O–H groups in total. The van der Waals surface area contributed by atoms with E-state index < -0.39 is 10.0 Å². The third-order valence-corrected chi connectivity index (χ3v) is 4.98. The maximum Gasteiger partial charge on any atom is 0.274 e. The van der Waals surface area contributed by atoms with Crippen molar-refractivity contribution in [3.63, 3.8) is 0 Å². The van der Waals surface area contributed by atoms with Gasteiger partial charge in [-0.25, -0.2) is 13.1 Å². The number of sulfonamides is 1. The molecule has 1 aliphatic heterocycles. The van der Waals surface area contributed by atoms with Gasteiger partial charge in [-0.05, 0) is 37.8 Å². The lowest BCUT2D eigenvalue weighted by molar-refractivity contribution is 0.0831. The summed E-state index contributed by atoms with van der Waals surface area (Å²) in [5.74, 6) is 0.657. The molecule has 2 heterocycles. The molecule has 0 atom stereocenters. The summed E-state index contributed by atoms with van der Waals surface area (Å²) in [5, 5.41) is 3.29. The molecule has 112 valence electrons. The summed E-state index contributed by atoms with van der Waals surface area (Å²) in [4.78, 5) is 0. The fourth-order valence-electron chi connectivity index (χ4n) is 2.22. The van der Waals surface area contributed by atoms with Crippen molar-refractivity contribution in [2.45, 2.75) is 49.4 Å². The van der Waals surface area contributed by atoms with Gasteiger partial charge < -0.3 is 14.5 Å². The standard InChI is InChI=1S/C13H20N2O4S/c16-20(17,15-11-5-7-18-8-6-11)13-4-3-12(19-13)9-14-10-1-2-10/h3-4,10-11,14-15H,1-2,5-9H2. The number of furan rings is 1. The summed E-state index contributed by atoms with van der Waals surface area (Å²) in [6.45, 7) is 1.78. The monoisotopic (exact) mass is 300 g/mol. The minimum absolute atomic E-state index is 0.00316. The minimum atomic E-state index is -3.56. The van der Waals surface area contributed by atoms with Crippen molar-refractivity contribution in [1.82, 2.24) is 10.0 Å². The predicted octanol–water partition coefficient (Wildman–Crippen LogP) is 0.989. The molecule has 7 heteroatoms. The van der Waals surface area contributed by atoms with Crippen molar-refractivity contribution in [3.05, 3.63) is 17.9 Å². The first-order valence-electron chi connectivity index (χ1n) is 7.06. The molecule has 3 rings (SSSR count). The minimum Gasteiger partial charge on any atom is -0.447 e. The average molecular weight is 300 g/mol. The SMILES string of the molecule is O=S(=O)(NC1CCOCC1)c1ccc(CNC2CC2)o1. The molecule has 6 nitrogen and oxygen atoms in total. The van der Waals surface area contributed by atoms with E-state index in [1.165, 1.54) is 18.9 Å². The molecule has 0 aromatic carbocycles. The van der Waals surface area contributed by atoms with E-state index in [2.05, 4.69) is 10.0 Å². The highest BCUT2D eigenvalue weighted by Gasteiger charge is 2.25. The van der Waals surface area contributed by atoms with Crippen LogP contribution in [-0.2, 0) is 21.3 Å². The van der Waals surface area contributed by atoms with Crippen molar-refractivity contribution in [2.24, 2.45) is 0 Å². The van der Waals surface area contributed by atoms with E-state index in [4.69, 9.17) is 9.15 Å². The highest BCUT2D eigenvalue weighted by Crippen LogP contribution is 2.21. The Bertz CT molecular complexity index is 544. The Morgan fingerprint density at radius 3 is 2.55 bits per heavy atom. The van der Waals surface area contributed by atoms with Crippen LogP contribution in [0.4, 0.5) is 0 Å². The molecule has 0 unspecified atom stereocenters. The van der Waals surface area contributed by atoms with Crippen LogP contribution in [0.5, 0.6) is 0 Å². The highest BCUT2D eigenvalue weighted by atomic mass is 32.2. The van der Waals surface area contributed by atoms with Gasteiger partial charge in [0.25, 0.3) is 10.0 Å². The van der Waals surface area contributed by atoms with Gasteiger partial charge in [0.1, 0.15) is 5.76 Å². The molecule has 1 saturated heterocycles. The summed E-state index contributed by atoms with van der Waals surface area (Å²) in [5.41, 5.74) is 0. The molecule has 1 aromatic rings. The molecule has 1 aliphatic carbocycles. The van der Waals surface area contributed by atoms with Gasteiger partial charge in [0.2, 0.25) is 5.09 Å². The maximum atomic E-state index is 12.2. The van der Waals surface area contributed by atoms with E-state index in [1.54, 1.807) is 6.07 Å². The predicted molar refractivity (Wildman–Crippen MR) is 72.7 cm³/mol. The third-order valence-electron chi connectivity index (χ3n) is 3.59. The Labute approximate surface area is 118 Å². The third kappa shape index (κ3) is 3.60. The fraction of sp³-hybridized carbons (Fsp3) is 0.692. The summed E-state index contributed by atoms with van der Waals surface area (Å²) in [7, 11) is -3.56. The van der Waals surface area contributed by atoms with Gasteiger partial charge in [-0.1, -0.05) is 0 Å². The van der Waals surface area contributed by atoms with Crippen LogP contribution in [0, 0.1) is 0 Å². The Balaban J connectivity index is 1.60. The van der Waals surface area contributed by atoms with Crippen LogP contribution in [0.1, 0.15) is 31.4 Å². The molecule has 0 bridgehead atoms. The molecule has 2 aliphatic rings. The van der Waals surface area contributed by atoms with Crippen LogP contribution < -0.4 is 10.0 Å². The molecule has 0 radical (unpaired) electrons. The van der Waals surface area contributed by atoms with Crippen LogP contribution in [0.3, 0.4) is 0 Å². The van der Waals surface area contributed by atoms with Crippen molar-refractivity contribution in [1.29, 1.82) is 0 Å². The van der Waals surface area contributed by atoms with Gasteiger partial charge in [0.05, 0.1) is 6.54 Å². The lowest BCUT2D eigenvalue weighted by Crippen LogP contribution is -2.38. The van der Waals surface area contributed by atoms with Crippen LogP contribution >= 0.6 is 0 Å². The topological polar surface area (TPSA) is 80.6 Å². The van der Waals surface area contributed by atoms with Crippen molar-refractivity contribution in [3.8, 4) is 0 Å². The Hall–Kier alpha value is -0.890. The second-order valence-electron chi connectivity index (χ2n) is 5.38. The lowest BCUT2D eigenvalue weighted by Gasteiger charge is -2.22.